The molecule has 0 aromatic heterocycles. The first-order valence-corrected chi connectivity index (χ1v) is 12.0. The van der Waals surface area contributed by atoms with Crippen LogP contribution in [0.25, 0.3) is 0 Å². The summed E-state index contributed by atoms with van der Waals surface area (Å²) >= 11 is 4.06. The summed E-state index contributed by atoms with van der Waals surface area (Å²) in [5, 5.41) is 3.02. The van der Waals surface area contributed by atoms with Crippen molar-refractivity contribution < 1.29 is 42.6 Å². The SMILES string of the molecule is CNCCOCCOCCOCCOCCOCCOCCOCCOCCOCCS. The van der Waals surface area contributed by atoms with E-state index in [1.807, 2.05) is 7.05 Å². The Hall–Kier alpha value is -0.0500. The zero-order valence-corrected chi connectivity index (χ0v) is 20.7. The molecule has 0 atom stereocenters. The van der Waals surface area contributed by atoms with Crippen LogP contribution in [0.5, 0.6) is 0 Å². The highest BCUT2D eigenvalue weighted by molar-refractivity contribution is 7.80. The van der Waals surface area contributed by atoms with Crippen LogP contribution in [-0.2, 0) is 42.6 Å². The Morgan fingerprint density at radius 1 is 0.375 bits per heavy atom. The Morgan fingerprint density at radius 2 is 0.594 bits per heavy atom. The van der Waals surface area contributed by atoms with Crippen LogP contribution in [0.15, 0.2) is 0 Å². The van der Waals surface area contributed by atoms with Gasteiger partial charge in [-0.1, -0.05) is 0 Å². The average Bonchev–Trinajstić information content (AvgIpc) is 2.81. The van der Waals surface area contributed by atoms with E-state index in [1.54, 1.807) is 0 Å². The third-order valence-electron chi connectivity index (χ3n) is 3.71. The van der Waals surface area contributed by atoms with Gasteiger partial charge in [-0.15, -0.1) is 0 Å². The van der Waals surface area contributed by atoms with Crippen LogP contribution in [0.2, 0.25) is 0 Å². The summed E-state index contributed by atoms with van der Waals surface area (Å²) < 4.78 is 48.5. The monoisotopic (exact) mass is 487 g/mol. The van der Waals surface area contributed by atoms with Gasteiger partial charge in [-0.05, 0) is 7.05 Å². The van der Waals surface area contributed by atoms with Gasteiger partial charge in [-0.3, -0.25) is 0 Å². The van der Waals surface area contributed by atoms with Crippen LogP contribution in [0.3, 0.4) is 0 Å². The molecule has 194 valence electrons. The molecule has 0 saturated heterocycles. The lowest BCUT2D eigenvalue weighted by Crippen LogP contribution is -2.17. The molecule has 0 aromatic rings. The number of hydrogen-bond donors (Lipinski definition) is 2. The summed E-state index contributed by atoms with van der Waals surface area (Å²) in [4.78, 5) is 0. The Balaban J connectivity index is 2.98. The number of hydrogen-bond acceptors (Lipinski definition) is 11. The van der Waals surface area contributed by atoms with Crippen molar-refractivity contribution in [3.05, 3.63) is 0 Å². The predicted octanol–water partition coefficient (Wildman–Crippen LogP) is 0.285. The molecule has 0 aromatic carbocycles. The van der Waals surface area contributed by atoms with Gasteiger partial charge in [-0.2, -0.15) is 12.6 Å². The van der Waals surface area contributed by atoms with E-state index in [-0.39, 0.29) is 0 Å². The maximum absolute atomic E-state index is 5.44. The second-order valence-electron chi connectivity index (χ2n) is 6.34. The molecule has 0 radical (unpaired) electrons. The van der Waals surface area contributed by atoms with Crippen LogP contribution in [0.1, 0.15) is 0 Å². The smallest absolute Gasteiger partial charge is 0.0701 e. The molecule has 1 N–H and O–H groups in total. The molecule has 0 amide bonds. The lowest BCUT2D eigenvalue weighted by atomic mass is 10.6. The third-order valence-corrected chi connectivity index (χ3v) is 3.89. The number of nitrogens with one attached hydrogen (secondary N) is 1. The van der Waals surface area contributed by atoms with E-state index in [1.165, 1.54) is 0 Å². The fourth-order valence-electron chi connectivity index (χ4n) is 2.10. The van der Waals surface area contributed by atoms with Gasteiger partial charge in [-0.25, -0.2) is 0 Å². The molecule has 0 unspecified atom stereocenters. The molecule has 0 saturated carbocycles. The molecule has 0 bridgehead atoms. The number of likely N-dealkylation sites (N-methyl/N-ethyl adjacent to an activating group) is 1. The van der Waals surface area contributed by atoms with Gasteiger partial charge in [0.2, 0.25) is 0 Å². The molecule has 0 fully saturated rings. The Morgan fingerprint density at radius 3 is 0.812 bits per heavy atom. The van der Waals surface area contributed by atoms with Gasteiger partial charge in [0.05, 0.1) is 119 Å². The lowest BCUT2D eigenvalue weighted by molar-refractivity contribution is -0.0247. The number of ether oxygens (including phenoxy) is 9. The van der Waals surface area contributed by atoms with Gasteiger partial charge in [0.1, 0.15) is 0 Å². The third kappa shape index (κ3) is 29.9. The Bertz CT molecular complexity index is 304. The summed E-state index contributed by atoms with van der Waals surface area (Å²) in [6.07, 6.45) is 0. The maximum atomic E-state index is 5.44. The Labute approximate surface area is 199 Å². The van der Waals surface area contributed by atoms with E-state index in [2.05, 4.69) is 17.9 Å². The van der Waals surface area contributed by atoms with E-state index in [0.717, 1.165) is 12.3 Å². The normalized spacial score (nSPS) is 11.4. The summed E-state index contributed by atoms with van der Waals surface area (Å²) in [5.74, 6) is 0.726. The summed E-state index contributed by atoms with van der Waals surface area (Å²) in [6, 6.07) is 0. The van der Waals surface area contributed by atoms with Crippen molar-refractivity contribution in [1.82, 2.24) is 5.32 Å². The summed E-state index contributed by atoms with van der Waals surface area (Å²) in [6.45, 7) is 11.1. The standard InChI is InChI=1S/C21H45NO9S/c1-22-2-3-23-4-5-24-6-7-25-8-9-26-10-11-27-12-13-28-14-15-29-16-17-30-18-19-31-20-21-32/h22,32H,2-21H2,1H3. The molecule has 0 aliphatic rings. The lowest BCUT2D eigenvalue weighted by Gasteiger charge is -2.08. The second kappa shape index (κ2) is 30.9. The van der Waals surface area contributed by atoms with Crippen LogP contribution < -0.4 is 5.32 Å². The van der Waals surface area contributed by atoms with Crippen LogP contribution in [0.4, 0.5) is 0 Å². The zero-order chi connectivity index (χ0) is 23.2. The quantitative estimate of drug-likeness (QED) is 0.113. The van der Waals surface area contributed by atoms with Crippen molar-refractivity contribution in [2.24, 2.45) is 0 Å². The zero-order valence-electron chi connectivity index (χ0n) is 19.8. The molecule has 0 spiro atoms. The molecule has 0 rings (SSSR count). The van der Waals surface area contributed by atoms with Crippen LogP contribution >= 0.6 is 12.6 Å². The van der Waals surface area contributed by atoms with Crippen LogP contribution in [-0.4, -0.2) is 138 Å². The molecule has 0 aliphatic carbocycles. The average molecular weight is 488 g/mol. The van der Waals surface area contributed by atoms with E-state index < -0.39 is 0 Å². The van der Waals surface area contributed by atoms with Gasteiger partial charge in [0, 0.05) is 12.3 Å². The summed E-state index contributed by atoms with van der Waals surface area (Å²) in [5.41, 5.74) is 0. The van der Waals surface area contributed by atoms with E-state index in [9.17, 15) is 0 Å². The fourth-order valence-corrected chi connectivity index (χ4v) is 2.23. The highest BCUT2D eigenvalue weighted by atomic mass is 32.1. The molecule has 0 aliphatic heterocycles. The second-order valence-corrected chi connectivity index (χ2v) is 6.79. The predicted molar refractivity (Wildman–Crippen MR) is 125 cm³/mol. The fraction of sp³-hybridized carbons (Fsp3) is 1.00. The number of thiol groups is 1. The van der Waals surface area contributed by atoms with E-state index in [4.69, 9.17) is 42.6 Å². The minimum absolute atomic E-state index is 0.533. The van der Waals surface area contributed by atoms with Crippen molar-refractivity contribution in [3.63, 3.8) is 0 Å². The van der Waals surface area contributed by atoms with E-state index in [0.29, 0.717) is 119 Å². The Kier molecular flexibility index (Phi) is 30.9. The molecule has 32 heavy (non-hydrogen) atoms. The molecular formula is C21H45NO9S. The first-order chi connectivity index (χ1) is 15.9. The minimum atomic E-state index is 0.533. The first-order valence-electron chi connectivity index (χ1n) is 11.4. The minimum Gasteiger partial charge on any atom is -0.378 e. The molecule has 0 heterocycles. The van der Waals surface area contributed by atoms with Gasteiger partial charge in [0.25, 0.3) is 0 Å². The topological polar surface area (TPSA) is 95.1 Å². The molecular weight excluding hydrogens is 442 g/mol. The van der Waals surface area contributed by atoms with Crippen LogP contribution in [0, 0.1) is 0 Å². The van der Waals surface area contributed by atoms with Crippen molar-refractivity contribution in [1.29, 1.82) is 0 Å². The van der Waals surface area contributed by atoms with Gasteiger partial charge in [0.15, 0.2) is 0 Å². The van der Waals surface area contributed by atoms with Crippen molar-refractivity contribution in [2.75, 3.05) is 138 Å². The van der Waals surface area contributed by atoms with Crippen molar-refractivity contribution >= 4 is 12.6 Å². The van der Waals surface area contributed by atoms with Gasteiger partial charge < -0.3 is 47.9 Å². The molecule has 11 heteroatoms. The molecule has 10 nitrogen and oxygen atoms in total. The first kappa shape index (κ1) is 31.9. The summed E-state index contributed by atoms with van der Waals surface area (Å²) in [7, 11) is 1.90. The maximum Gasteiger partial charge on any atom is 0.0701 e. The van der Waals surface area contributed by atoms with Gasteiger partial charge >= 0.3 is 0 Å². The highest BCUT2D eigenvalue weighted by Crippen LogP contribution is 1.86. The van der Waals surface area contributed by atoms with Crippen molar-refractivity contribution in [2.45, 2.75) is 0 Å². The van der Waals surface area contributed by atoms with Crippen molar-refractivity contribution in [3.8, 4) is 0 Å². The highest BCUT2D eigenvalue weighted by Gasteiger charge is 1.95. The largest absolute Gasteiger partial charge is 0.378 e. The number of rotatable bonds is 29. The van der Waals surface area contributed by atoms with E-state index >= 15 is 0 Å².